The van der Waals surface area contributed by atoms with Crippen LogP contribution in [0, 0.1) is 0 Å². The van der Waals surface area contributed by atoms with Gasteiger partial charge in [-0.15, -0.1) is 0 Å². The maximum atomic E-state index is 5.22. The Morgan fingerprint density at radius 3 is 2.62 bits per heavy atom. The minimum atomic E-state index is 0.195. The highest BCUT2D eigenvalue weighted by Gasteiger charge is 2.07. The van der Waals surface area contributed by atoms with Crippen molar-refractivity contribution >= 4 is 5.96 Å². The molecule has 0 aromatic carbocycles. The van der Waals surface area contributed by atoms with E-state index in [2.05, 4.69) is 15.2 Å². The molecular weight excluding hydrogens is 166 g/mol. The van der Waals surface area contributed by atoms with Crippen LogP contribution in [0.15, 0.2) is 4.99 Å². The van der Waals surface area contributed by atoms with Crippen LogP contribution in [0.25, 0.3) is 0 Å². The summed E-state index contributed by atoms with van der Waals surface area (Å²) in [6.45, 7) is 6.32. The number of nitrogens with two attached hydrogens (primary N) is 2. The minimum Gasteiger partial charge on any atom is -0.370 e. The van der Waals surface area contributed by atoms with Crippen LogP contribution in [0.3, 0.4) is 0 Å². The number of nitrogens with one attached hydrogen (secondary N) is 1. The van der Waals surface area contributed by atoms with E-state index in [-0.39, 0.29) is 5.96 Å². The topological polar surface area (TPSA) is 79.7 Å². The number of aliphatic imine (C=N–C) groups is 1. The maximum absolute atomic E-state index is 5.22. The largest absolute Gasteiger partial charge is 0.370 e. The molecule has 1 saturated heterocycles. The molecular formula is C8H19N5. The van der Waals surface area contributed by atoms with Crippen molar-refractivity contribution in [1.29, 1.82) is 0 Å². The molecule has 0 aromatic rings. The Morgan fingerprint density at radius 2 is 2.00 bits per heavy atom. The zero-order valence-corrected chi connectivity index (χ0v) is 8.00. The predicted octanol–water partition coefficient (Wildman–Crippen LogP) is -1.44. The van der Waals surface area contributed by atoms with Crippen LogP contribution in [0.4, 0.5) is 0 Å². The molecule has 0 amide bonds. The first-order valence-corrected chi connectivity index (χ1v) is 4.77. The minimum absolute atomic E-state index is 0.195. The van der Waals surface area contributed by atoms with Gasteiger partial charge < -0.3 is 21.7 Å². The Morgan fingerprint density at radius 1 is 1.31 bits per heavy atom. The summed E-state index contributed by atoms with van der Waals surface area (Å²) in [6.07, 6.45) is 1.04. The summed E-state index contributed by atoms with van der Waals surface area (Å²) in [5, 5.41) is 3.31. The van der Waals surface area contributed by atoms with Crippen LogP contribution < -0.4 is 16.8 Å². The van der Waals surface area contributed by atoms with E-state index in [1.807, 2.05) is 0 Å². The number of rotatable bonds is 4. The molecule has 1 aliphatic heterocycles. The first kappa shape index (κ1) is 10.3. The number of nitrogens with zero attached hydrogens (tertiary/aromatic N) is 2. The lowest BCUT2D eigenvalue weighted by Crippen LogP contribution is -2.43. The SMILES string of the molecule is NC(N)=NCCCN1CCNCC1. The number of piperazine rings is 1. The maximum Gasteiger partial charge on any atom is 0.185 e. The standard InChI is InChI=1S/C8H19N5/c9-8(10)12-2-1-5-13-6-3-11-4-7-13/h11H,1-7H2,(H4,9,10,12). The van der Waals surface area contributed by atoms with Gasteiger partial charge in [-0.2, -0.15) is 0 Å². The summed E-state index contributed by atoms with van der Waals surface area (Å²) in [4.78, 5) is 6.37. The Bertz CT molecular complexity index is 158. The molecule has 1 fully saturated rings. The molecule has 5 heteroatoms. The van der Waals surface area contributed by atoms with Gasteiger partial charge in [-0.25, -0.2) is 0 Å². The van der Waals surface area contributed by atoms with E-state index in [9.17, 15) is 0 Å². The van der Waals surface area contributed by atoms with Crippen LogP contribution >= 0.6 is 0 Å². The third-order valence-corrected chi connectivity index (χ3v) is 2.14. The van der Waals surface area contributed by atoms with Crippen LogP contribution in [-0.2, 0) is 0 Å². The van der Waals surface area contributed by atoms with Crippen molar-refractivity contribution in [1.82, 2.24) is 10.2 Å². The second kappa shape index (κ2) is 5.77. The van der Waals surface area contributed by atoms with E-state index >= 15 is 0 Å². The number of hydrogen-bond acceptors (Lipinski definition) is 3. The molecule has 1 heterocycles. The molecule has 1 rings (SSSR count). The van der Waals surface area contributed by atoms with Gasteiger partial charge in [0.25, 0.3) is 0 Å². The van der Waals surface area contributed by atoms with Crippen molar-refractivity contribution in [3.63, 3.8) is 0 Å². The molecule has 5 nitrogen and oxygen atoms in total. The molecule has 0 aliphatic carbocycles. The Balaban J connectivity index is 2.01. The van der Waals surface area contributed by atoms with Gasteiger partial charge in [0.15, 0.2) is 5.96 Å². The van der Waals surface area contributed by atoms with Crippen molar-refractivity contribution in [3.05, 3.63) is 0 Å². The normalized spacial score (nSPS) is 18.5. The average Bonchev–Trinajstić information content (AvgIpc) is 2.14. The molecule has 13 heavy (non-hydrogen) atoms. The lowest BCUT2D eigenvalue weighted by Gasteiger charge is -2.26. The van der Waals surface area contributed by atoms with Gasteiger partial charge in [-0.1, -0.05) is 0 Å². The van der Waals surface area contributed by atoms with Crippen LogP contribution in [0.5, 0.6) is 0 Å². The molecule has 0 atom stereocenters. The molecule has 76 valence electrons. The number of hydrogen-bond donors (Lipinski definition) is 3. The second-order valence-corrected chi connectivity index (χ2v) is 3.25. The van der Waals surface area contributed by atoms with Crippen molar-refractivity contribution < 1.29 is 0 Å². The van der Waals surface area contributed by atoms with Crippen molar-refractivity contribution in [2.75, 3.05) is 39.3 Å². The van der Waals surface area contributed by atoms with E-state index in [1.54, 1.807) is 0 Å². The fourth-order valence-electron chi connectivity index (χ4n) is 1.44. The van der Waals surface area contributed by atoms with E-state index in [4.69, 9.17) is 11.5 Å². The third-order valence-electron chi connectivity index (χ3n) is 2.14. The lowest BCUT2D eigenvalue weighted by molar-refractivity contribution is 0.240. The number of guanidine groups is 1. The average molecular weight is 185 g/mol. The fraction of sp³-hybridized carbons (Fsp3) is 0.875. The summed E-state index contributed by atoms with van der Waals surface area (Å²) < 4.78 is 0. The first-order chi connectivity index (χ1) is 6.29. The smallest absolute Gasteiger partial charge is 0.185 e. The lowest BCUT2D eigenvalue weighted by atomic mass is 10.3. The molecule has 5 N–H and O–H groups in total. The molecule has 0 saturated carbocycles. The van der Waals surface area contributed by atoms with Crippen molar-refractivity contribution in [2.24, 2.45) is 16.5 Å². The molecule has 0 bridgehead atoms. The van der Waals surface area contributed by atoms with E-state index in [1.165, 1.54) is 0 Å². The summed E-state index contributed by atoms with van der Waals surface area (Å²) in [7, 11) is 0. The summed E-state index contributed by atoms with van der Waals surface area (Å²) >= 11 is 0. The van der Waals surface area contributed by atoms with Gasteiger partial charge in [0.05, 0.1) is 0 Å². The van der Waals surface area contributed by atoms with Gasteiger partial charge in [0, 0.05) is 39.3 Å². The predicted molar refractivity (Wildman–Crippen MR) is 54.6 cm³/mol. The zero-order valence-electron chi connectivity index (χ0n) is 8.00. The summed E-state index contributed by atoms with van der Waals surface area (Å²) in [5.41, 5.74) is 10.4. The van der Waals surface area contributed by atoms with Crippen molar-refractivity contribution in [2.45, 2.75) is 6.42 Å². The highest BCUT2D eigenvalue weighted by atomic mass is 15.2. The molecule has 0 unspecified atom stereocenters. The van der Waals surface area contributed by atoms with Gasteiger partial charge in [-0.05, 0) is 6.42 Å². The third kappa shape index (κ3) is 4.69. The monoisotopic (exact) mass is 185 g/mol. The first-order valence-electron chi connectivity index (χ1n) is 4.77. The molecule has 1 aliphatic rings. The summed E-state index contributed by atoms with van der Waals surface area (Å²) in [5.74, 6) is 0.195. The Hall–Kier alpha value is -0.810. The summed E-state index contributed by atoms with van der Waals surface area (Å²) in [6, 6.07) is 0. The van der Waals surface area contributed by atoms with Gasteiger partial charge in [-0.3, -0.25) is 4.99 Å². The van der Waals surface area contributed by atoms with E-state index < -0.39 is 0 Å². The van der Waals surface area contributed by atoms with Gasteiger partial charge in [0.1, 0.15) is 0 Å². The fourth-order valence-corrected chi connectivity index (χ4v) is 1.44. The molecule has 0 radical (unpaired) electrons. The molecule has 0 spiro atoms. The Labute approximate surface area is 79.2 Å². The quantitative estimate of drug-likeness (QED) is 0.284. The Kier molecular flexibility index (Phi) is 4.56. The van der Waals surface area contributed by atoms with Crippen LogP contribution in [-0.4, -0.2) is 50.1 Å². The van der Waals surface area contributed by atoms with Crippen LogP contribution in [0.2, 0.25) is 0 Å². The van der Waals surface area contributed by atoms with Gasteiger partial charge >= 0.3 is 0 Å². The van der Waals surface area contributed by atoms with E-state index in [0.717, 1.165) is 45.7 Å². The highest BCUT2D eigenvalue weighted by Crippen LogP contribution is 1.94. The highest BCUT2D eigenvalue weighted by molar-refractivity contribution is 5.75. The van der Waals surface area contributed by atoms with Crippen LogP contribution in [0.1, 0.15) is 6.42 Å². The van der Waals surface area contributed by atoms with Crippen molar-refractivity contribution in [3.8, 4) is 0 Å². The molecule has 0 aromatic heterocycles. The van der Waals surface area contributed by atoms with E-state index in [0.29, 0.717) is 0 Å². The van der Waals surface area contributed by atoms with Gasteiger partial charge in [0.2, 0.25) is 0 Å². The second-order valence-electron chi connectivity index (χ2n) is 3.25. The zero-order chi connectivity index (χ0) is 9.52.